The molecule has 1 aromatic heterocycles. The fraction of sp³-hybridized carbons (Fsp3) is 0.278. The number of pyridine rings is 1. The van der Waals surface area contributed by atoms with Gasteiger partial charge in [-0.3, -0.25) is 14.6 Å². The summed E-state index contributed by atoms with van der Waals surface area (Å²) in [7, 11) is 1.70. The second-order valence-electron chi connectivity index (χ2n) is 5.63. The quantitative estimate of drug-likeness (QED) is 0.875. The molecule has 3 rings (SSSR count). The standard InChI is InChI=1S/C18H19N3O2/c1-20(15-7-3-2-4-8-15)18(23)16-13-14(9-10-19-16)17(22)21-11-5-6-12-21/h2-4,7-10,13H,5-6,11-12H2,1H3. The van der Waals surface area contributed by atoms with Gasteiger partial charge in [0.2, 0.25) is 0 Å². The van der Waals surface area contributed by atoms with Gasteiger partial charge in [-0.25, -0.2) is 0 Å². The highest BCUT2D eigenvalue weighted by molar-refractivity contribution is 6.06. The third kappa shape index (κ3) is 3.23. The molecule has 1 aliphatic rings. The predicted octanol–water partition coefficient (Wildman–Crippen LogP) is 2.59. The number of amides is 2. The van der Waals surface area contributed by atoms with Crippen LogP contribution in [0.25, 0.3) is 0 Å². The highest BCUT2D eigenvalue weighted by Gasteiger charge is 2.21. The van der Waals surface area contributed by atoms with Crippen LogP contribution in [0, 0.1) is 0 Å². The molecule has 5 heteroatoms. The highest BCUT2D eigenvalue weighted by atomic mass is 16.2. The van der Waals surface area contributed by atoms with Gasteiger partial charge in [0.1, 0.15) is 5.69 Å². The van der Waals surface area contributed by atoms with Crippen molar-refractivity contribution in [2.45, 2.75) is 12.8 Å². The van der Waals surface area contributed by atoms with E-state index in [0.29, 0.717) is 5.56 Å². The second-order valence-corrected chi connectivity index (χ2v) is 5.63. The Bertz CT molecular complexity index is 709. The molecule has 0 saturated carbocycles. The summed E-state index contributed by atoms with van der Waals surface area (Å²) in [6, 6.07) is 12.6. The minimum Gasteiger partial charge on any atom is -0.339 e. The number of hydrogen-bond donors (Lipinski definition) is 0. The molecule has 23 heavy (non-hydrogen) atoms. The van der Waals surface area contributed by atoms with Crippen LogP contribution >= 0.6 is 0 Å². The van der Waals surface area contributed by atoms with Gasteiger partial charge in [0.15, 0.2) is 0 Å². The summed E-state index contributed by atoms with van der Waals surface area (Å²) in [4.78, 5) is 32.5. The summed E-state index contributed by atoms with van der Waals surface area (Å²) < 4.78 is 0. The number of benzene rings is 1. The maximum atomic E-state index is 12.6. The molecule has 2 heterocycles. The molecule has 0 atom stereocenters. The van der Waals surface area contributed by atoms with Crippen molar-refractivity contribution in [1.82, 2.24) is 9.88 Å². The van der Waals surface area contributed by atoms with E-state index in [0.717, 1.165) is 31.6 Å². The molecule has 1 aromatic carbocycles. The molecule has 0 spiro atoms. The number of anilines is 1. The average Bonchev–Trinajstić information content (AvgIpc) is 3.15. The molecule has 5 nitrogen and oxygen atoms in total. The third-order valence-corrected chi connectivity index (χ3v) is 4.07. The Hall–Kier alpha value is -2.69. The van der Waals surface area contributed by atoms with Gasteiger partial charge in [-0.05, 0) is 37.1 Å². The van der Waals surface area contributed by atoms with Crippen molar-refractivity contribution in [3.63, 3.8) is 0 Å². The SMILES string of the molecule is CN(C(=O)c1cc(C(=O)N2CCCC2)ccn1)c1ccccc1. The molecule has 1 saturated heterocycles. The summed E-state index contributed by atoms with van der Waals surface area (Å²) in [5, 5.41) is 0. The first kappa shape index (κ1) is 15.2. The van der Waals surface area contributed by atoms with Crippen LogP contribution in [0.5, 0.6) is 0 Å². The second kappa shape index (κ2) is 6.60. The molecule has 118 valence electrons. The average molecular weight is 309 g/mol. The van der Waals surface area contributed by atoms with Crippen molar-refractivity contribution < 1.29 is 9.59 Å². The first-order valence-electron chi connectivity index (χ1n) is 7.75. The minimum absolute atomic E-state index is 0.0266. The molecule has 0 aliphatic carbocycles. The fourth-order valence-electron chi connectivity index (χ4n) is 2.72. The lowest BCUT2D eigenvalue weighted by molar-refractivity contribution is 0.0792. The predicted molar refractivity (Wildman–Crippen MR) is 88.6 cm³/mol. The van der Waals surface area contributed by atoms with Gasteiger partial charge in [-0.1, -0.05) is 18.2 Å². The van der Waals surface area contributed by atoms with Crippen molar-refractivity contribution >= 4 is 17.5 Å². The topological polar surface area (TPSA) is 53.5 Å². The summed E-state index contributed by atoms with van der Waals surface area (Å²) in [6.45, 7) is 1.57. The number of likely N-dealkylation sites (tertiary alicyclic amines) is 1. The van der Waals surface area contributed by atoms with E-state index in [2.05, 4.69) is 4.98 Å². The Balaban J connectivity index is 1.81. The molecular formula is C18H19N3O2. The van der Waals surface area contributed by atoms with Gasteiger partial charge in [0, 0.05) is 37.6 Å². The zero-order valence-electron chi connectivity index (χ0n) is 13.1. The van der Waals surface area contributed by atoms with Gasteiger partial charge >= 0.3 is 0 Å². The Labute approximate surface area is 135 Å². The fourth-order valence-corrected chi connectivity index (χ4v) is 2.72. The molecule has 1 fully saturated rings. The summed E-state index contributed by atoms with van der Waals surface area (Å²) in [5.41, 5.74) is 1.59. The van der Waals surface area contributed by atoms with E-state index in [9.17, 15) is 9.59 Å². The number of aromatic nitrogens is 1. The van der Waals surface area contributed by atoms with Gasteiger partial charge in [0.25, 0.3) is 11.8 Å². The van der Waals surface area contributed by atoms with Crippen LogP contribution in [0.2, 0.25) is 0 Å². The number of para-hydroxylation sites is 1. The Morgan fingerprint density at radius 1 is 1.09 bits per heavy atom. The molecule has 0 bridgehead atoms. The van der Waals surface area contributed by atoms with Crippen LogP contribution in [-0.4, -0.2) is 41.8 Å². The summed E-state index contributed by atoms with van der Waals surface area (Å²) in [5.74, 6) is -0.256. The van der Waals surface area contributed by atoms with E-state index in [-0.39, 0.29) is 17.5 Å². The molecule has 1 aliphatic heterocycles. The van der Waals surface area contributed by atoms with Crippen LogP contribution < -0.4 is 4.90 Å². The number of hydrogen-bond acceptors (Lipinski definition) is 3. The van der Waals surface area contributed by atoms with E-state index in [1.54, 1.807) is 19.2 Å². The van der Waals surface area contributed by atoms with E-state index < -0.39 is 0 Å². The minimum atomic E-state index is -0.229. The summed E-state index contributed by atoms with van der Waals surface area (Å²) in [6.07, 6.45) is 3.61. The lowest BCUT2D eigenvalue weighted by Crippen LogP contribution is -2.29. The normalized spacial score (nSPS) is 13.9. The van der Waals surface area contributed by atoms with Crippen molar-refractivity contribution in [1.29, 1.82) is 0 Å². The van der Waals surface area contributed by atoms with E-state index >= 15 is 0 Å². The smallest absolute Gasteiger partial charge is 0.276 e. The van der Waals surface area contributed by atoms with E-state index in [1.165, 1.54) is 11.1 Å². The third-order valence-electron chi connectivity index (χ3n) is 4.07. The van der Waals surface area contributed by atoms with Crippen LogP contribution in [0.4, 0.5) is 5.69 Å². The van der Waals surface area contributed by atoms with Gasteiger partial charge < -0.3 is 9.80 Å². The first-order valence-corrected chi connectivity index (χ1v) is 7.75. The largest absolute Gasteiger partial charge is 0.339 e. The molecular weight excluding hydrogens is 290 g/mol. The molecule has 2 amide bonds. The zero-order chi connectivity index (χ0) is 16.2. The molecule has 2 aromatic rings. The highest BCUT2D eigenvalue weighted by Crippen LogP contribution is 2.16. The molecule has 0 radical (unpaired) electrons. The lowest BCUT2D eigenvalue weighted by atomic mass is 10.2. The van der Waals surface area contributed by atoms with Crippen molar-refractivity contribution in [2.75, 3.05) is 25.0 Å². The number of carbonyl (C=O) groups excluding carboxylic acids is 2. The van der Waals surface area contributed by atoms with E-state index in [1.807, 2.05) is 35.2 Å². The maximum absolute atomic E-state index is 12.6. The van der Waals surface area contributed by atoms with Crippen LogP contribution in [0.15, 0.2) is 48.7 Å². The monoisotopic (exact) mass is 309 g/mol. The zero-order valence-corrected chi connectivity index (χ0v) is 13.1. The molecule has 0 unspecified atom stereocenters. The van der Waals surface area contributed by atoms with Crippen LogP contribution in [0.3, 0.4) is 0 Å². The van der Waals surface area contributed by atoms with Crippen molar-refractivity contribution in [3.05, 3.63) is 59.9 Å². The van der Waals surface area contributed by atoms with Crippen molar-refractivity contribution in [3.8, 4) is 0 Å². The van der Waals surface area contributed by atoms with Crippen LogP contribution in [-0.2, 0) is 0 Å². The first-order chi connectivity index (χ1) is 11.2. The van der Waals surface area contributed by atoms with Crippen LogP contribution in [0.1, 0.15) is 33.7 Å². The molecule has 0 N–H and O–H groups in total. The maximum Gasteiger partial charge on any atom is 0.276 e. The number of rotatable bonds is 3. The van der Waals surface area contributed by atoms with Crippen molar-refractivity contribution in [2.24, 2.45) is 0 Å². The van der Waals surface area contributed by atoms with Gasteiger partial charge in [-0.15, -0.1) is 0 Å². The van der Waals surface area contributed by atoms with Gasteiger partial charge in [0.05, 0.1) is 0 Å². The number of carbonyl (C=O) groups is 2. The lowest BCUT2D eigenvalue weighted by Gasteiger charge is -2.18. The number of nitrogens with zero attached hydrogens (tertiary/aromatic N) is 3. The Kier molecular flexibility index (Phi) is 4.37. The van der Waals surface area contributed by atoms with E-state index in [4.69, 9.17) is 0 Å². The Morgan fingerprint density at radius 3 is 2.48 bits per heavy atom. The van der Waals surface area contributed by atoms with Gasteiger partial charge in [-0.2, -0.15) is 0 Å². The Morgan fingerprint density at radius 2 is 1.78 bits per heavy atom. The summed E-state index contributed by atoms with van der Waals surface area (Å²) >= 11 is 0.